The van der Waals surface area contributed by atoms with Crippen LogP contribution < -0.4 is 8.96 Å². The van der Waals surface area contributed by atoms with Crippen LogP contribution in [0.3, 0.4) is 0 Å². The molecular formula is C30H16B2F4N6O2S2. The lowest BCUT2D eigenvalue weighted by Gasteiger charge is -2.32. The van der Waals surface area contributed by atoms with Gasteiger partial charge < -0.3 is 35.8 Å². The number of aliphatic imine (C=N–C) groups is 2. The molecule has 0 fully saturated rings. The second-order valence-electron chi connectivity index (χ2n) is 10.9. The van der Waals surface area contributed by atoms with Crippen molar-refractivity contribution in [2.24, 2.45) is 9.98 Å². The van der Waals surface area contributed by atoms with E-state index < -0.39 is 25.8 Å². The summed E-state index contributed by atoms with van der Waals surface area (Å²) in [7, 11) is 0. The first-order valence-electron chi connectivity index (χ1n) is 14.1. The largest absolute Gasteiger partial charge is 0.645 e. The van der Waals surface area contributed by atoms with Crippen LogP contribution in [-0.2, 0) is 0 Å². The summed E-state index contributed by atoms with van der Waals surface area (Å²) in [6.07, 6.45) is 0. The van der Waals surface area contributed by atoms with Crippen molar-refractivity contribution in [3.63, 3.8) is 0 Å². The zero-order valence-corrected chi connectivity index (χ0v) is 24.9. The summed E-state index contributed by atoms with van der Waals surface area (Å²) >= 11 is 2.40. The number of carbonyl (C=O) groups is 2. The fraction of sp³-hybridized carbons (Fsp3) is 0. The third kappa shape index (κ3) is 3.45. The molecule has 4 aromatic carbocycles. The Morgan fingerprint density at radius 3 is 1.28 bits per heavy atom. The zero-order chi connectivity index (χ0) is 31.5. The monoisotopic (exact) mass is 654 g/mol. The van der Waals surface area contributed by atoms with Gasteiger partial charge in [0.15, 0.2) is 0 Å². The van der Waals surface area contributed by atoms with Crippen molar-refractivity contribution >= 4 is 90.8 Å². The molecule has 8 nitrogen and oxygen atoms in total. The molecule has 6 heterocycles. The highest BCUT2D eigenvalue weighted by Gasteiger charge is 2.59. The molecule has 0 unspecified atom stereocenters. The Hall–Kier alpha value is -5.21. The molecule has 0 N–H and O–H groups in total. The van der Waals surface area contributed by atoms with Gasteiger partial charge in [0.25, 0.3) is 0 Å². The number of benzene rings is 4. The van der Waals surface area contributed by atoms with Gasteiger partial charge in [0.05, 0.1) is 20.5 Å². The molecular weight excluding hydrogens is 638 g/mol. The maximum absolute atomic E-state index is 15.2. The lowest BCUT2D eigenvalue weighted by atomic mass is 9.92. The molecule has 10 rings (SSSR count). The number of hydrogen-bond donors (Lipinski definition) is 0. The quantitative estimate of drug-likeness (QED) is 0.151. The summed E-state index contributed by atoms with van der Waals surface area (Å²) in [4.78, 5) is 34.8. The summed E-state index contributed by atoms with van der Waals surface area (Å²) in [5.41, 5.74) is 2.25. The smallest absolute Gasteiger partial charge is 0.414 e. The second-order valence-corrected chi connectivity index (χ2v) is 13.0. The molecule has 6 aromatic rings. The molecule has 0 bridgehead atoms. The topological polar surface area (TPSA) is 73.1 Å². The SMILES string of the molecule is O=C1c2ccccc2C2=Nc3sc4ccccc4[n+]3[B-](F)(F)N12.O=C1c2ccccc2C2=Nc3sc4ccccc4[n+]3[B-](F)(F)N12. The van der Waals surface area contributed by atoms with Crippen LogP contribution in [0.5, 0.6) is 0 Å². The minimum atomic E-state index is -4.28. The Balaban J connectivity index is 0.000000127. The fourth-order valence-electron chi connectivity index (χ4n) is 6.40. The van der Waals surface area contributed by atoms with E-state index in [2.05, 4.69) is 9.98 Å². The van der Waals surface area contributed by atoms with Crippen LogP contribution in [0.1, 0.15) is 31.8 Å². The van der Waals surface area contributed by atoms with Gasteiger partial charge in [0, 0.05) is 11.1 Å². The first-order valence-corrected chi connectivity index (χ1v) is 15.8. The van der Waals surface area contributed by atoms with Crippen molar-refractivity contribution in [1.82, 2.24) is 9.62 Å². The molecule has 16 heteroatoms. The van der Waals surface area contributed by atoms with Crippen LogP contribution in [0.25, 0.3) is 20.4 Å². The average Bonchev–Trinajstić information content (AvgIpc) is 3.77. The molecule has 0 spiro atoms. The number of amides is 2. The highest BCUT2D eigenvalue weighted by molar-refractivity contribution is 7.22. The number of aromatic nitrogens is 2. The van der Waals surface area contributed by atoms with E-state index in [1.165, 1.54) is 22.7 Å². The first-order chi connectivity index (χ1) is 22.2. The molecule has 0 atom stereocenters. The van der Waals surface area contributed by atoms with Gasteiger partial charge >= 0.3 is 24.2 Å². The van der Waals surface area contributed by atoms with E-state index in [0.717, 1.165) is 18.4 Å². The van der Waals surface area contributed by atoms with E-state index in [9.17, 15) is 9.59 Å². The summed E-state index contributed by atoms with van der Waals surface area (Å²) in [5, 5.41) is 0.430. The van der Waals surface area contributed by atoms with Crippen LogP contribution in [0.4, 0.5) is 27.5 Å². The van der Waals surface area contributed by atoms with Crippen molar-refractivity contribution in [2.45, 2.75) is 0 Å². The van der Waals surface area contributed by atoms with Gasteiger partial charge in [-0.15, -0.1) is 0 Å². The minimum Gasteiger partial charge on any atom is -0.414 e. The number of hydrogen-bond acceptors (Lipinski definition) is 6. The van der Waals surface area contributed by atoms with Crippen LogP contribution >= 0.6 is 22.7 Å². The Bertz CT molecular complexity index is 2260. The maximum atomic E-state index is 15.2. The van der Waals surface area contributed by atoms with E-state index in [1.54, 1.807) is 97.1 Å². The molecule has 2 amide bonds. The molecule has 4 aliphatic heterocycles. The molecule has 0 radical (unpaired) electrons. The summed E-state index contributed by atoms with van der Waals surface area (Å²) in [5.74, 6) is -1.31. The molecule has 224 valence electrons. The molecule has 4 aliphatic rings. The summed E-state index contributed by atoms with van der Waals surface area (Å²) in [6.45, 7) is -8.56. The van der Waals surface area contributed by atoms with Gasteiger partial charge in [-0.1, -0.05) is 48.5 Å². The Morgan fingerprint density at radius 2 is 0.870 bits per heavy atom. The number of thiazole rings is 2. The number of para-hydroxylation sites is 2. The third-order valence-electron chi connectivity index (χ3n) is 8.40. The minimum absolute atomic E-state index is 0.0437. The number of amidine groups is 2. The number of carbonyl (C=O) groups excluding carboxylic acids is 2. The van der Waals surface area contributed by atoms with Gasteiger partial charge in [-0.2, -0.15) is 0 Å². The highest BCUT2D eigenvalue weighted by Crippen LogP contribution is 2.39. The predicted octanol–water partition coefficient (Wildman–Crippen LogP) is 5.92. The fourth-order valence-corrected chi connectivity index (χ4v) is 8.54. The van der Waals surface area contributed by atoms with E-state index in [-0.39, 0.29) is 33.1 Å². The van der Waals surface area contributed by atoms with Crippen LogP contribution in [0.2, 0.25) is 0 Å². The molecule has 0 saturated heterocycles. The van der Waals surface area contributed by atoms with Crippen molar-refractivity contribution in [3.8, 4) is 0 Å². The average molecular weight is 654 g/mol. The number of fused-ring (bicyclic) bond motifs is 12. The van der Waals surface area contributed by atoms with Crippen LogP contribution in [0, 0.1) is 0 Å². The Labute approximate surface area is 264 Å². The van der Waals surface area contributed by atoms with E-state index in [0.29, 0.717) is 31.8 Å². The molecule has 46 heavy (non-hydrogen) atoms. The van der Waals surface area contributed by atoms with Gasteiger partial charge in [0.1, 0.15) is 11.0 Å². The van der Waals surface area contributed by atoms with Gasteiger partial charge in [0.2, 0.25) is 23.5 Å². The van der Waals surface area contributed by atoms with E-state index in [1.807, 2.05) is 0 Å². The van der Waals surface area contributed by atoms with Crippen LogP contribution in [0.15, 0.2) is 107 Å². The molecule has 0 aliphatic carbocycles. The zero-order valence-electron chi connectivity index (χ0n) is 23.2. The predicted molar refractivity (Wildman–Crippen MR) is 168 cm³/mol. The van der Waals surface area contributed by atoms with Crippen molar-refractivity contribution < 1.29 is 35.8 Å². The number of nitrogens with zero attached hydrogens (tertiary/aromatic N) is 6. The lowest BCUT2D eigenvalue weighted by Crippen LogP contribution is -2.72. The number of halogens is 4. The summed E-state index contributed by atoms with van der Waals surface area (Å²) in [6, 6.07) is 27.0. The van der Waals surface area contributed by atoms with Crippen molar-refractivity contribution in [1.29, 1.82) is 0 Å². The van der Waals surface area contributed by atoms with Gasteiger partial charge in [-0.3, -0.25) is 9.59 Å². The van der Waals surface area contributed by atoms with Crippen LogP contribution in [-0.4, -0.2) is 47.0 Å². The van der Waals surface area contributed by atoms with E-state index in [4.69, 9.17) is 0 Å². The normalized spacial score (nSPS) is 17.7. The number of rotatable bonds is 0. The third-order valence-corrected chi connectivity index (χ3v) is 10.5. The Kier molecular flexibility index (Phi) is 5.41. The van der Waals surface area contributed by atoms with E-state index >= 15 is 17.3 Å². The highest BCUT2D eigenvalue weighted by atomic mass is 32.1. The molecule has 0 saturated carbocycles. The van der Waals surface area contributed by atoms with Gasteiger partial charge in [-0.05, 0) is 81.2 Å². The Morgan fingerprint density at radius 1 is 0.522 bits per heavy atom. The van der Waals surface area contributed by atoms with Gasteiger partial charge in [-0.25, -0.2) is 0 Å². The first kappa shape index (κ1) is 27.1. The second kappa shape index (κ2) is 9.17. The standard InChI is InChI=1S/2C15H8BF2N3OS/c2*17-16(18)20-11-7-3-4-8-12(11)23-15(20)19-13-9-5-1-2-6-10(9)14(22)21(13)16/h2*1-8H. The molecule has 2 aromatic heterocycles. The summed E-state index contributed by atoms with van der Waals surface area (Å²) < 4.78 is 64.0. The lowest BCUT2D eigenvalue weighted by molar-refractivity contribution is -0.528. The van der Waals surface area contributed by atoms with Crippen molar-refractivity contribution in [3.05, 3.63) is 119 Å². The van der Waals surface area contributed by atoms with Crippen molar-refractivity contribution in [2.75, 3.05) is 0 Å². The maximum Gasteiger partial charge on any atom is 0.645 e.